The van der Waals surface area contributed by atoms with E-state index in [1.165, 1.54) is 27.9 Å². The van der Waals surface area contributed by atoms with Crippen LogP contribution in [-0.4, -0.2) is 25.3 Å². The fourth-order valence-electron chi connectivity index (χ4n) is 7.70. The Morgan fingerprint density at radius 3 is 2.60 bits per heavy atom. The summed E-state index contributed by atoms with van der Waals surface area (Å²) in [5.74, 6) is 0.274. The van der Waals surface area contributed by atoms with Crippen LogP contribution in [0.25, 0.3) is 33.3 Å². The molecule has 0 spiro atoms. The fraction of sp³-hybridized carbons (Fsp3) is 0.325. The number of fused-ring (bicyclic) bond motifs is 11. The number of allylic oxidation sites excluding steroid dienone is 1. The van der Waals surface area contributed by atoms with E-state index in [9.17, 15) is 0 Å². The van der Waals surface area contributed by atoms with Gasteiger partial charge in [0.25, 0.3) is 0 Å². The molecule has 7 rings (SSSR count). The Morgan fingerprint density at radius 1 is 1.04 bits per heavy atom. The third-order valence-corrected chi connectivity index (χ3v) is 11.7. The second-order valence-corrected chi connectivity index (χ2v) is 20.2. The summed E-state index contributed by atoms with van der Waals surface area (Å²) in [6.45, 7) is 24.0. The molecule has 0 saturated carbocycles. The van der Waals surface area contributed by atoms with Crippen molar-refractivity contribution in [2.24, 2.45) is 10.4 Å². The molecule has 0 bridgehead atoms. The lowest BCUT2D eigenvalue weighted by Gasteiger charge is -2.34. The Morgan fingerprint density at radius 2 is 1.84 bits per heavy atom. The number of nitrogens with zero attached hydrogens (tertiary/aromatic N) is 3. The van der Waals surface area contributed by atoms with Crippen molar-refractivity contribution in [3.63, 3.8) is 0 Å². The summed E-state index contributed by atoms with van der Waals surface area (Å²) in [4.78, 5) is 9.73. The van der Waals surface area contributed by atoms with Gasteiger partial charge in [-0.25, -0.2) is 4.98 Å². The molecule has 45 heavy (non-hydrogen) atoms. The van der Waals surface area contributed by atoms with Crippen molar-refractivity contribution in [1.82, 2.24) is 4.98 Å². The van der Waals surface area contributed by atoms with Gasteiger partial charge in [-0.2, -0.15) is 4.57 Å². The first kappa shape index (κ1) is 29.6. The molecule has 5 aromatic rings. The maximum absolute atomic E-state index is 6.42. The molecule has 0 aliphatic carbocycles. The standard InChI is InChI=1S/C40H44N3OSi/c1-9-33-36-26(17-19-31-32-15-12-20-41-39(32)44-38(31)36)16-18-30-28-13-10-11-14-29(28)34-21-27(22-40(3,4)5)35(45(6,7)8)24-43(34)37(30)25(2)23-42-33/h9-15,17,19-21,24,30,37H,1-2,16,18,22-23H2,3-8H3/q+1. The van der Waals surface area contributed by atoms with Gasteiger partial charge in [-0.1, -0.05) is 83.9 Å². The third-order valence-electron chi connectivity index (χ3n) is 9.60. The van der Waals surface area contributed by atoms with E-state index in [2.05, 4.69) is 111 Å². The number of aryl methyl sites for hydroxylation is 1. The van der Waals surface area contributed by atoms with Crippen LogP contribution >= 0.6 is 0 Å². The van der Waals surface area contributed by atoms with Crippen molar-refractivity contribution >= 4 is 41.0 Å². The molecule has 228 valence electrons. The first-order chi connectivity index (χ1) is 21.4. The molecular formula is C40H44N3OSi+. The molecule has 2 aliphatic rings. The number of furan rings is 1. The lowest BCUT2D eigenvalue weighted by atomic mass is 9.76. The summed E-state index contributed by atoms with van der Waals surface area (Å²) in [6, 6.07) is 20.2. The number of rotatable bonds is 3. The number of hydrogen-bond donors (Lipinski definition) is 0. The molecule has 0 N–H and O–H groups in total. The number of pyridine rings is 2. The third kappa shape index (κ3) is 5.11. The van der Waals surface area contributed by atoms with Crippen LogP contribution in [0.15, 0.2) is 101 Å². The zero-order chi connectivity index (χ0) is 31.7. The first-order valence-corrected chi connectivity index (χ1v) is 19.8. The maximum atomic E-state index is 6.42. The highest BCUT2D eigenvalue weighted by Gasteiger charge is 2.43. The molecule has 2 unspecified atom stereocenters. The predicted molar refractivity (Wildman–Crippen MR) is 191 cm³/mol. The fourth-order valence-corrected chi connectivity index (χ4v) is 9.35. The van der Waals surface area contributed by atoms with Crippen LogP contribution in [0.4, 0.5) is 0 Å². The largest absolute Gasteiger partial charge is 0.437 e. The zero-order valence-corrected chi connectivity index (χ0v) is 28.6. The summed E-state index contributed by atoms with van der Waals surface area (Å²) in [5, 5.41) is 3.64. The van der Waals surface area contributed by atoms with Crippen molar-refractivity contribution in [2.45, 2.75) is 71.6 Å². The van der Waals surface area contributed by atoms with E-state index in [1.54, 1.807) is 11.4 Å². The number of aromatic nitrogens is 2. The van der Waals surface area contributed by atoms with Crippen LogP contribution < -0.4 is 9.75 Å². The Labute approximate surface area is 268 Å². The zero-order valence-electron chi connectivity index (χ0n) is 27.6. The van der Waals surface area contributed by atoms with Gasteiger partial charge in [0.15, 0.2) is 12.2 Å². The van der Waals surface area contributed by atoms with Crippen molar-refractivity contribution in [1.29, 1.82) is 0 Å². The molecule has 2 aromatic carbocycles. The van der Waals surface area contributed by atoms with Crippen molar-refractivity contribution < 1.29 is 8.98 Å². The van der Waals surface area contributed by atoms with E-state index in [0.29, 0.717) is 12.3 Å². The molecule has 5 heteroatoms. The SMILES string of the molecule is C=CC1=NCC(=C)C2C(CCc3ccc4c(oc5ncccc54)c31)c1ccccc1-c1cc(CC(C)(C)C)c([Si](C)(C)C)c[n+]12. The van der Waals surface area contributed by atoms with Gasteiger partial charge in [-0.15, -0.1) is 0 Å². The van der Waals surface area contributed by atoms with Crippen LogP contribution in [-0.2, 0) is 12.8 Å². The summed E-state index contributed by atoms with van der Waals surface area (Å²) in [6.07, 6.45) is 9.12. The minimum absolute atomic E-state index is 0.115. The van der Waals surface area contributed by atoms with Gasteiger partial charge in [-0.3, -0.25) is 4.99 Å². The lowest BCUT2D eigenvalue weighted by Crippen LogP contribution is -2.54. The Bertz CT molecular complexity index is 2040. The number of aliphatic imine (C=N–C) groups is 1. The Balaban J connectivity index is 1.43. The minimum Gasteiger partial charge on any atom is -0.437 e. The van der Waals surface area contributed by atoms with Gasteiger partial charge >= 0.3 is 0 Å². The van der Waals surface area contributed by atoms with Gasteiger partial charge in [0.2, 0.25) is 11.4 Å². The molecule has 0 saturated heterocycles. The van der Waals surface area contributed by atoms with E-state index in [0.717, 1.165) is 52.5 Å². The van der Waals surface area contributed by atoms with Crippen molar-refractivity contribution in [3.05, 3.63) is 114 Å². The van der Waals surface area contributed by atoms with E-state index >= 15 is 0 Å². The molecule has 0 fully saturated rings. The molecular weight excluding hydrogens is 567 g/mol. The Kier molecular flexibility index (Phi) is 7.08. The highest BCUT2D eigenvalue weighted by Crippen LogP contribution is 2.45. The second kappa shape index (κ2) is 10.8. The summed E-state index contributed by atoms with van der Waals surface area (Å²) >= 11 is 0. The van der Waals surface area contributed by atoms with Gasteiger partial charge < -0.3 is 4.42 Å². The topological polar surface area (TPSA) is 42.3 Å². The van der Waals surface area contributed by atoms with Crippen LogP contribution in [0.3, 0.4) is 0 Å². The minimum atomic E-state index is -1.66. The van der Waals surface area contributed by atoms with E-state index in [4.69, 9.17) is 16.0 Å². The summed E-state index contributed by atoms with van der Waals surface area (Å²) in [7, 11) is -1.66. The molecule has 5 heterocycles. The van der Waals surface area contributed by atoms with Gasteiger partial charge in [-0.05, 0) is 65.6 Å². The van der Waals surface area contributed by atoms with E-state index < -0.39 is 8.07 Å². The lowest BCUT2D eigenvalue weighted by molar-refractivity contribution is -0.708. The quantitative estimate of drug-likeness (QED) is 0.116. The molecule has 2 atom stereocenters. The second-order valence-electron chi connectivity index (χ2n) is 15.2. The average molecular weight is 611 g/mol. The van der Waals surface area contributed by atoms with Crippen LogP contribution in [0.2, 0.25) is 19.6 Å². The van der Waals surface area contributed by atoms with E-state index in [1.807, 2.05) is 12.1 Å². The Hall–Kier alpha value is -4.09. The number of benzene rings is 2. The molecule has 0 amide bonds. The van der Waals surface area contributed by atoms with Gasteiger partial charge in [0.1, 0.15) is 5.58 Å². The monoisotopic (exact) mass is 610 g/mol. The highest BCUT2D eigenvalue weighted by atomic mass is 28.3. The molecule has 2 aliphatic heterocycles. The molecule has 3 aromatic heterocycles. The summed E-state index contributed by atoms with van der Waals surface area (Å²) in [5.41, 5.74) is 11.5. The molecule has 0 radical (unpaired) electrons. The van der Waals surface area contributed by atoms with Crippen molar-refractivity contribution in [3.8, 4) is 11.3 Å². The van der Waals surface area contributed by atoms with Gasteiger partial charge in [0.05, 0.1) is 26.2 Å². The van der Waals surface area contributed by atoms with Crippen LogP contribution in [0, 0.1) is 5.41 Å². The smallest absolute Gasteiger partial charge is 0.227 e. The normalized spacial score (nSPS) is 18.5. The first-order valence-electron chi connectivity index (χ1n) is 16.3. The summed E-state index contributed by atoms with van der Waals surface area (Å²) < 4.78 is 8.99. The number of hydrogen-bond acceptors (Lipinski definition) is 3. The van der Waals surface area contributed by atoms with Gasteiger partial charge in [0, 0.05) is 44.9 Å². The van der Waals surface area contributed by atoms with Crippen LogP contribution in [0.5, 0.6) is 0 Å². The van der Waals surface area contributed by atoms with Crippen molar-refractivity contribution in [2.75, 3.05) is 6.54 Å². The highest BCUT2D eigenvalue weighted by molar-refractivity contribution is 6.89. The maximum Gasteiger partial charge on any atom is 0.227 e. The molecule has 4 nitrogen and oxygen atoms in total. The van der Waals surface area contributed by atoms with E-state index in [-0.39, 0.29) is 17.4 Å². The van der Waals surface area contributed by atoms with Crippen LogP contribution in [0.1, 0.15) is 61.4 Å². The predicted octanol–water partition coefficient (Wildman–Crippen LogP) is 8.89. The average Bonchev–Trinajstić information content (AvgIpc) is 3.37.